The highest BCUT2D eigenvalue weighted by atomic mass is 19.3. The molecule has 7 heteroatoms. The smallest absolute Gasteiger partial charge is 0.311 e. The van der Waals surface area contributed by atoms with Crippen LogP contribution in [0, 0.1) is 0 Å². The zero-order valence-electron chi connectivity index (χ0n) is 8.28. The van der Waals surface area contributed by atoms with Crippen molar-refractivity contribution in [1.82, 2.24) is 4.98 Å². The molecule has 0 fully saturated rings. The lowest BCUT2D eigenvalue weighted by Gasteiger charge is -2.07. The summed E-state index contributed by atoms with van der Waals surface area (Å²) < 4.78 is 29.0. The molecule has 2 N–H and O–H groups in total. The molecule has 0 aliphatic carbocycles. The van der Waals surface area contributed by atoms with Gasteiger partial charge >= 0.3 is 5.97 Å². The lowest BCUT2D eigenvalue weighted by Crippen LogP contribution is -2.07. The number of rotatable bonds is 3. The van der Waals surface area contributed by atoms with Crippen LogP contribution in [0.5, 0.6) is 11.5 Å². The summed E-state index contributed by atoms with van der Waals surface area (Å²) in [5.41, 5.74) is -1.14. The first kappa shape index (κ1) is 12.2. The summed E-state index contributed by atoms with van der Waals surface area (Å²) in [4.78, 5) is 14.2. The van der Waals surface area contributed by atoms with Crippen LogP contribution in [0.15, 0.2) is 6.07 Å². The maximum atomic E-state index is 12.3. The Balaban J connectivity index is 3.09. The summed E-state index contributed by atoms with van der Waals surface area (Å²) in [7, 11) is 1.12. The molecule has 16 heavy (non-hydrogen) atoms. The molecular formula is C9H9F2NO4. The van der Waals surface area contributed by atoms with E-state index in [4.69, 9.17) is 5.11 Å². The molecule has 0 saturated carbocycles. The molecule has 0 bridgehead atoms. The number of pyridine rings is 1. The monoisotopic (exact) mass is 233 g/mol. The maximum Gasteiger partial charge on any atom is 0.311 e. The fourth-order valence-electron chi connectivity index (χ4n) is 1.05. The van der Waals surface area contributed by atoms with Crippen LogP contribution in [0.25, 0.3) is 0 Å². The van der Waals surface area contributed by atoms with Crippen LogP contribution >= 0.6 is 0 Å². The number of aromatic hydroxyl groups is 2. The first-order valence-electron chi connectivity index (χ1n) is 4.22. The van der Waals surface area contributed by atoms with Gasteiger partial charge in [0.25, 0.3) is 6.43 Å². The van der Waals surface area contributed by atoms with Gasteiger partial charge in [-0.15, -0.1) is 0 Å². The maximum absolute atomic E-state index is 12.3. The molecule has 0 spiro atoms. The molecular weight excluding hydrogens is 224 g/mol. The predicted octanol–water partition coefficient (Wildman–Crippen LogP) is 1.15. The van der Waals surface area contributed by atoms with Gasteiger partial charge in [0, 0.05) is 6.07 Å². The average Bonchev–Trinajstić information content (AvgIpc) is 2.21. The van der Waals surface area contributed by atoms with E-state index in [9.17, 15) is 18.7 Å². The number of aromatic nitrogens is 1. The van der Waals surface area contributed by atoms with E-state index in [1.807, 2.05) is 0 Å². The van der Waals surface area contributed by atoms with Crippen LogP contribution in [0.3, 0.4) is 0 Å². The fraction of sp³-hybridized carbons (Fsp3) is 0.333. The van der Waals surface area contributed by atoms with E-state index in [0.29, 0.717) is 6.07 Å². The second-order valence-corrected chi connectivity index (χ2v) is 2.91. The van der Waals surface area contributed by atoms with Crippen LogP contribution in [-0.2, 0) is 16.0 Å². The lowest BCUT2D eigenvalue weighted by molar-refractivity contribution is -0.139. The Kier molecular flexibility index (Phi) is 3.60. The molecule has 1 aromatic heterocycles. The van der Waals surface area contributed by atoms with Gasteiger partial charge in [-0.1, -0.05) is 0 Å². The van der Waals surface area contributed by atoms with E-state index in [1.54, 1.807) is 0 Å². The first-order valence-corrected chi connectivity index (χ1v) is 4.22. The van der Waals surface area contributed by atoms with E-state index < -0.39 is 36.0 Å². The van der Waals surface area contributed by atoms with Gasteiger partial charge < -0.3 is 14.9 Å². The van der Waals surface area contributed by atoms with Crippen LogP contribution in [0.4, 0.5) is 8.78 Å². The second kappa shape index (κ2) is 4.73. The lowest BCUT2D eigenvalue weighted by atomic mass is 10.2. The van der Waals surface area contributed by atoms with Gasteiger partial charge in [0.15, 0.2) is 0 Å². The minimum absolute atomic E-state index is 0.264. The van der Waals surface area contributed by atoms with Gasteiger partial charge in [-0.3, -0.25) is 4.79 Å². The summed E-state index contributed by atoms with van der Waals surface area (Å²) in [6.07, 6.45) is -3.43. The largest absolute Gasteiger partial charge is 0.506 e. The van der Waals surface area contributed by atoms with Crippen molar-refractivity contribution in [2.24, 2.45) is 0 Å². The molecule has 0 aromatic carbocycles. The van der Waals surface area contributed by atoms with Crippen molar-refractivity contribution in [1.29, 1.82) is 0 Å². The Labute approximate surface area is 89.3 Å². The molecule has 1 aromatic rings. The Morgan fingerprint density at radius 1 is 1.50 bits per heavy atom. The number of alkyl halides is 2. The molecule has 0 atom stereocenters. The highest BCUT2D eigenvalue weighted by Gasteiger charge is 2.19. The SMILES string of the molecule is COC(=O)Cc1nc(C(F)F)c(O)cc1O. The van der Waals surface area contributed by atoms with Crippen molar-refractivity contribution in [3.63, 3.8) is 0 Å². The number of carbonyl (C=O) groups is 1. The third kappa shape index (κ3) is 2.56. The Morgan fingerprint density at radius 3 is 2.62 bits per heavy atom. The molecule has 0 unspecified atom stereocenters. The summed E-state index contributed by atoms with van der Waals surface area (Å²) in [6, 6.07) is 0.715. The number of nitrogens with zero attached hydrogens (tertiary/aromatic N) is 1. The first-order chi connectivity index (χ1) is 7.45. The molecule has 0 aliphatic rings. The fourth-order valence-corrected chi connectivity index (χ4v) is 1.05. The van der Waals surface area contributed by atoms with Gasteiger partial charge in [-0.25, -0.2) is 13.8 Å². The van der Waals surface area contributed by atoms with Gasteiger partial charge in [0.05, 0.1) is 19.2 Å². The second-order valence-electron chi connectivity index (χ2n) is 2.91. The van der Waals surface area contributed by atoms with E-state index in [1.165, 1.54) is 0 Å². The summed E-state index contributed by atoms with van der Waals surface area (Å²) in [5.74, 6) is -2.08. The molecule has 0 radical (unpaired) electrons. The number of halogens is 2. The molecule has 0 amide bonds. The Morgan fingerprint density at radius 2 is 2.12 bits per heavy atom. The van der Waals surface area contributed by atoms with Crippen molar-refractivity contribution < 1.29 is 28.5 Å². The van der Waals surface area contributed by atoms with Crippen molar-refractivity contribution in [3.05, 3.63) is 17.5 Å². The third-order valence-electron chi connectivity index (χ3n) is 1.83. The predicted molar refractivity (Wildman–Crippen MR) is 48.2 cm³/mol. The van der Waals surface area contributed by atoms with Crippen LogP contribution in [0.1, 0.15) is 17.8 Å². The van der Waals surface area contributed by atoms with E-state index in [0.717, 1.165) is 7.11 Å². The molecule has 5 nitrogen and oxygen atoms in total. The highest BCUT2D eigenvalue weighted by Crippen LogP contribution is 2.31. The van der Waals surface area contributed by atoms with E-state index >= 15 is 0 Å². The van der Waals surface area contributed by atoms with Gasteiger partial charge in [0.2, 0.25) is 0 Å². The number of esters is 1. The topological polar surface area (TPSA) is 79.7 Å². The van der Waals surface area contributed by atoms with Crippen molar-refractivity contribution >= 4 is 5.97 Å². The van der Waals surface area contributed by atoms with Crippen molar-refractivity contribution in [3.8, 4) is 11.5 Å². The normalized spacial score (nSPS) is 10.5. The number of ether oxygens (including phenoxy) is 1. The summed E-state index contributed by atoms with van der Waals surface area (Å²) >= 11 is 0. The quantitative estimate of drug-likeness (QED) is 0.765. The number of hydrogen-bond acceptors (Lipinski definition) is 5. The minimum atomic E-state index is -2.99. The summed E-state index contributed by atoms with van der Waals surface area (Å²) in [6.45, 7) is 0. The highest BCUT2D eigenvalue weighted by molar-refractivity contribution is 5.72. The standard InChI is InChI=1S/C9H9F2NO4/c1-16-7(15)2-4-5(13)3-6(14)8(12-4)9(10)11/h3,9,13-14H,2H2,1H3. The van der Waals surface area contributed by atoms with Crippen molar-refractivity contribution in [2.75, 3.05) is 7.11 Å². The minimum Gasteiger partial charge on any atom is -0.506 e. The van der Waals surface area contributed by atoms with Gasteiger partial charge in [-0.2, -0.15) is 0 Å². The molecule has 88 valence electrons. The van der Waals surface area contributed by atoms with Crippen LogP contribution in [0.2, 0.25) is 0 Å². The Hall–Kier alpha value is -1.92. The molecule has 0 saturated heterocycles. The molecule has 1 heterocycles. The van der Waals surface area contributed by atoms with E-state index in [-0.39, 0.29) is 5.69 Å². The van der Waals surface area contributed by atoms with Crippen molar-refractivity contribution in [2.45, 2.75) is 12.8 Å². The average molecular weight is 233 g/mol. The van der Waals surface area contributed by atoms with Gasteiger partial charge in [-0.05, 0) is 0 Å². The molecule has 1 rings (SSSR count). The number of methoxy groups -OCH3 is 1. The third-order valence-corrected chi connectivity index (χ3v) is 1.83. The van der Waals surface area contributed by atoms with Crippen LogP contribution in [-0.4, -0.2) is 28.3 Å². The number of carbonyl (C=O) groups excluding carboxylic acids is 1. The van der Waals surface area contributed by atoms with E-state index in [2.05, 4.69) is 9.72 Å². The summed E-state index contributed by atoms with van der Waals surface area (Å²) in [5, 5.41) is 18.3. The Bertz CT molecular complexity index is 409. The van der Waals surface area contributed by atoms with Crippen LogP contribution < -0.4 is 0 Å². The molecule has 0 aliphatic heterocycles. The van der Waals surface area contributed by atoms with Gasteiger partial charge in [0.1, 0.15) is 17.2 Å². The number of hydrogen-bond donors (Lipinski definition) is 2. The zero-order valence-corrected chi connectivity index (χ0v) is 8.28. The zero-order chi connectivity index (χ0) is 12.3.